The van der Waals surface area contributed by atoms with E-state index in [0.717, 1.165) is 13.0 Å². The normalized spacial score (nSPS) is 19.6. The van der Waals surface area contributed by atoms with Crippen LogP contribution in [0.5, 0.6) is 0 Å². The summed E-state index contributed by atoms with van der Waals surface area (Å²) in [5.74, 6) is -0.0224. The number of hydrogen-bond donors (Lipinski definition) is 1. The Kier molecular flexibility index (Phi) is 6.65. The first-order valence-corrected chi connectivity index (χ1v) is 6.48. The summed E-state index contributed by atoms with van der Waals surface area (Å²) in [7, 11) is 0. The highest BCUT2D eigenvalue weighted by Crippen LogP contribution is 2.08. The Morgan fingerprint density at radius 3 is 3.12 bits per heavy atom. The van der Waals surface area contributed by atoms with Crippen LogP contribution in [-0.2, 0) is 4.74 Å². The summed E-state index contributed by atoms with van der Waals surface area (Å²) in [5.41, 5.74) is 0. The van der Waals surface area contributed by atoms with Gasteiger partial charge in [0.25, 0.3) is 0 Å². The monoisotopic (exact) mass is 276 g/mol. The lowest BCUT2D eigenvalue weighted by Gasteiger charge is -2.22. The van der Waals surface area contributed by atoms with E-state index in [1.807, 2.05) is 0 Å². The van der Waals surface area contributed by atoms with Crippen LogP contribution in [0.15, 0.2) is 11.6 Å². The van der Waals surface area contributed by atoms with Crippen LogP contribution in [0.3, 0.4) is 0 Å². The van der Waals surface area contributed by atoms with Gasteiger partial charge >= 0.3 is 0 Å². The van der Waals surface area contributed by atoms with Crippen molar-refractivity contribution < 1.29 is 9.53 Å². The molecule has 1 aliphatic heterocycles. The smallest absolute Gasteiger partial charge is 0.216 e. The fourth-order valence-corrected chi connectivity index (χ4v) is 2.35. The molecule has 1 unspecified atom stereocenters. The Balaban J connectivity index is 0.00000144. The number of halogens is 1. The van der Waals surface area contributed by atoms with Gasteiger partial charge < -0.3 is 10.1 Å². The first kappa shape index (κ1) is 14.6. The van der Waals surface area contributed by atoms with Crippen molar-refractivity contribution in [3.05, 3.63) is 16.6 Å². The summed E-state index contributed by atoms with van der Waals surface area (Å²) >= 11 is 1.36. The van der Waals surface area contributed by atoms with Gasteiger partial charge in [0.2, 0.25) is 5.78 Å². The molecule has 6 heteroatoms. The number of thiazole rings is 1. The van der Waals surface area contributed by atoms with Gasteiger partial charge in [-0.25, -0.2) is 4.98 Å². The van der Waals surface area contributed by atoms with Crippen molar-refractivity contribution in [2.75, 3.05) is 19.8 Å². The van der Waals surface area contributed by atoms with E-state index in [9.17, 15) is 4.79 Å². The molecule has 1 saturated heterocycles. The third kappa shape index (κ3) is 4.71. The molecule has 0 saturated carbocycles. The standard InChI is InChI=1S/C11H16N2O2S.ClH/c14-10(11-13-5-6-16-11)8-15-7-9-3-1-2-4-12-9;/h5-6,9,12H,1-4,7-8H2;1H. The van der Waals surface area contributed by atoms with Crippen molar-refractivity contribution in [2.45, 2.75) is 25.3 Å². The first-order chi connectivity index (χ1) is 7.86. The van der Waals surface area contributed by atoms with Gasteiger partial charge in [0, 0.05) is 17.6 Å². The predicted molar refractivity (Wildman–Crippen MR) is 70.2 cm³/mol. The molecule has 0 spiro atoms. The number of Topliss-reactive ketones (excluding diaryl/α,β-unsaturated/α-hetero) is 1. The molecule has 1 fully saturated rings. The van der Waals surface area contributed by atoms with Gasteiger partial charge in [-0.1, -0.05) is 6.42 Å². The summed E-state index contributed by atoms with van der Waals surface area (Å²) in [6.45, 7) is 1.83. The average Bonchev–Trinajstić information content (AvgIpc) is 2.84. The molecule has 96 valence electrons. The molecule has 0 amide bonds. The highest BCUT2D eigenvalue weighted by atomic mass is 35.5. The van der Waals surface area contributed by atoms with Crippen molar-refractivity contribution >= 4 is 29.5 Å². The van der Waals surface area contributed by atoms with Gasteiger partial charge in [-0.3, -0.25) is 4.79 Å². The quantitative estimate of drug-likeness (QED) is 0.835. The van der Waals surface area contributed by atoms with Crippen LogP contribution >= 0.6 is 23.7 Å². The fraction of sp³-hybridized carbons (Fsp3) is 0.636. The molecule has 1 aliphatic rings. The second-order valence-corrected chi connectivity index (χ2v) is 4.82. The van der Waals surface area contributed by atoms with E-state index in [0.29, 0.717) is 17.7 Å². The molecule has 0 bridgehead atoms. The van der Waals surface area contributed by atoms with Gasteiger partial charge in [0.05, 0.1) is 6.61 Å². The highest BCUT2D eigenvalue weighted by Gasteiger charge is 2.14. The van der Waals surface area contributed by atoms with Crippen LogP contribution in [0.4, 0.5) is 0 Å². The van der Waals surface area contributed by atoms with Gasteiger partial charge in [-0.2, -0.15) is 0 Å². The lowest BCUT2D eigenvalue weighted by atomic mass is 10.1. The summed E-state index contributed by atoms with van der Waals surface area (Å²) < 4.78 is 5.41. The molecule has 1 aromatic rings. The number of ketones is 1. The van der Waals surface area contributed by atoms with E-state index in [-0.39, 0.29) is 24.8 Å². The van der Waals surface area contributed by atoms with Gasteiger partial charge in [-0.05, 0) is 19.4 Å². The summed E-state index contributed by atoms with van der Waals surface area (Å²) in [6, 6.07) is 0.415. The molecule has 2 rings (SSSR count). The Morgan fingerprint density at radius 1 is 1.59 bits per heavy atom. The topological polar surface area (TPSA) is 51.2 Å². The molecule has 1 N–H and O–H groups in total. The zero-order valence-electron chi connectivity index (χ0n) is 9.55. The van der Waals surface area contributed by atoms with Crippen molar-refractivity contribution in [3.63, 3.8) is 0 Å². The number of aromatic nitrogens is 1. The van der Waals surface area contributed by atoms with Crippen molar-refractivity contribution in [3.8, 4) is 0 Å². The largest absolute Gasteiger partial charge is 0.372 e. The zero-order chi connectivity index (χ0) is 11.2. The maximum absolute atomic E-state index is 11.5. The fourth-order valence-electron chi connectivity index (χ4n) is 1.78. The van der Waals surface area contributed by atoms with Crippen LogP contribution in [-0.4, -0.2) is 36.6 Å². The molecule has 2 heterocycles. The van der Waals surface area contributed by atoms with E-state index >= 15 is 0 Å². The maximum atomic E-state index is 11.5. The number of hydrogen-bond acceptors (Lipinski definition) is 5. The van der Waals surface area contributed by atoms with E-state index in [1.54, 1.807) is 11.6 Å². The minimum absolute atomic E-state index is 0. The van der Waals surface area contributed by atoms with Gasteiger partial charge in [-0.15, -0.1) is 23.7 Å². The molecule has 0 radical (unpaired) electrons. The average molecular weight is 277 g/mol. The number of carbonyl (C=O) groups excluding carboxylic acids is 1. The number of nitrogens with zero attached hydrogens (tertiary/aromatic N) is 1. The second-order valence-electron chi connectivity index (χ2n) is 3.92. The highest BCUT2D eigenvalue weighted by molar-refractivity contribution is 7.11. The summed E-state index contributed by atoms with van der Waals surface area (Å²) in [6.07, 6.45) is 5.28. The summed E-state index contributed by atoms with van der Waals surface area (Å²) in [4.78, 5) is 15.5. The SMILES string of the molecule is Cl.O=C(COCC1CCCCN1)c1nccs1. The molecule has 0 aromatic carbocycles. The Hall–Kier alpha value is -0.490. The van der Waals surface area contributed by atoms with Crippen molar-refractivity contribution in [2.24, 2.45) is 0 Å². The van der Waals surface area contributed by atoms with Crippen LogP contribution in [0.1, 0.15) is 29.1 Å². The Bertz CT molecular complexity index is 326. The molecular weight excluding hydrogens is 260 g/mol. The van der Waals surface area contributed by atoms with Crippen LogP contribution in [0.2, 0.25) is 0 Å². The Morgan fingerprint density at radius 2 is 2.47 bits per heavy atom. The minimum atomic E-state index is -0.0224. The number of nitrogens with one attached hydrogen (secondary N) is 1. The number of piperidine rings is 1. The van der Waals surface area contributed by atoms with Crippen LogP contribution < -0.4 is 5.32 Å². The number of ether oxygens (including phenoxy) is 1. The van der Waals surface area contributed by atoms with Crippen LogP contribution in [0.25, 0.3) is 0 Å². The second kappa shape index (κ2) is 7.76. The molecule has 4 nitrogen and oxygen atoms in total. The molecule has 17 heavy (non-hydrogen) atoms. The van der Waals surface area contributed by atoms with E-state index in [1.165, 1.54) is 24.2 Å². The van der Waals surface area contributed by atoms with E-state index < -0.39 is 0 Å². The van der Waals surface area contributed by atoms with Gasteiger partial charge in [0.1, 0.15) is 6.61 Å². The van der Waals surface area contributed by atoms with Crippen molar-refractivity contribution in [1.29, 1.82) is 0 Å². The van der Waals surface area contributed by atoms with E-state index in [2.05, 4.69) is 10.3 Å². The molecule has 1 aromatic heterocycles. The molecule has 0 aliphatic carbocycles. The number of rotatable bonds is 5. The predicted octanol–water partition coefficient (Wildman–Crippen LogP) is 1.91. The van der Waals surface area contributed by atoms with E-state index in [4.69, 9.17) is 4.74 Å². The first-order valence-electron chi connectivity index (χ1n) is 5.60. The Labute approximate surface area is 111 Å². The van der Waals surface area contributed by atoms with Crippen molar-refractivity contribution in [1.82, 2.24) is 10.3 Å². The zero-order valence-corrected chi connectivity index (χ0v) is 11.2. The maximum Gasteiger partial charge on any atom is 0.216 e. The molecular formula is C11H17ClN2O2S. The lowest BCUT2D eigenvalue weighted by Crippen LogP contribution is -2.38. The third-order valence-corrected chi connectivity index (χ3v) is 3.45. The summed E-state index contributed by atoms with van der Waals surface area (Å²) in [5, 5.41) is 5.72. The minimum Gasteiger partial charge on any atom is -0.372 e. The molecule has 1 atom stereocenters. The van der Waals surface area contributed by atoms with Gasteiger partial charge in [0.15, 0.2) is 5.01 Å². The van der Waals surface area contributed by atoms with Crippen LogP contribution in [0, 0.1) is 0 Å². The third-order valence-electron chi connectivity index (χ3n) is 2.64. The number of carbonyl (C=O) groups is 1. The lowest BCUT2D eigenvalue weighted by molar-refractivity contribution is 0.0691.